The normalized spacial score (nSPS) is 20.7. The highest BCUT2D eigenvalue weighted by Gasteiger charge is 2.27. The largest absolute Gasteiger partial charge is 0.480 e. The van der Waals surface area contributed by atoms with Crippen molar-refractivity contribution in [1.82, 2.24) is 9.80 Å². The molecule has 21 heavy (non-hydrogen) atoms. The van der Waals surface area contributed by atoms with E-state index in [0.29, 0.717) is 6.54 Å². The van der Waals surface area contributed by atoms with Crippen molar-refractivity contribution < 1.29 is 15.0 Å². The fraction of sp³-hybridized carbons (Fsp3) is 0.562. The molecular weight excluding hydrogens is 268 g/mol. The predicted molar refractivity (Wildman–Crippen MR) is 81.1 cm³/mol. The summed E-state index contributed by atoms with van der Waals surface area (Å²) in [5, 5.41) is 19.6. The molecule has 2 rings (SSSR count). The van der Waals surface area contributed by atoms with Crippen LogP contribution in [0.2, 0.25) is 0 Å². The van der Waals surface area contributed by atoms with Gasteiger partial charge in [-0.25, -0.2) is 0 Å². The maximum absolute atomic E-state index is 10.8. The molecule has 0 aromatic heterocycles. The molecule has 0 amide bonds. The summed E-state index contributed by atoms with van der Waals surface area (Å²) in [4.78, 5) is 15.0. The van der Waals surface area contributed by atoms with Crippen LogP contribution >= 0.6 is 0 Å². The Bertz CT molecular complexity index is 462. The van der Waals surface area contributed by atoms with Crippen LogP contribution in [-0.4, -0.2) is 65.3 Å². The van der Waals surface area contributed by atoms with Gasteiger partial charge in [-0.1, -0.05) is 30.3 Å². The van der Waals surface area contributed by atoms with Gasteiger partial charge in [-0.3, -0.25) is 14.6 Å². The number of carboxylic acid groups (broad SMARTS) is 1. The first-order valence-electron chi connectivity index (χ1n) is 7.42. The van der Waals surface area contributed by atoms with Crippen molar-refractivity contribution in [2.45, 2.75) is 18.9 Å². The Morgan fingerprint density at radius 3 is 2.43 bits per heavy atom. The quantitative estimate of drug-likeness (QED) is 0.847. The van der Waals surface area contributed by atoms with Gasteiger partial charge in [0, 0.05) is 26.2 Å². The average molecular weight is 292 g/mol. The lowest BCUT2D eigenvalue weighted by atomic mass is 9.95. The lowest BCUT2D eigenvalue weighted by Gasteiger charge is -2.31. The maximum Gasteiger partial charge on any atom is 0.317 e. The Kier molecular flexibility index (Phi) is 5.33. The minimum absolute atomic E-state index is 0.100. The molecule has 0 spiro atoms. The molecule has 116 valence electrons. The number of hydrogen-bond donors (Lipinski definition) is 2. The third-order valence-corrected chi connectivity index (χ3v) is 3.97. The monoisotopic (exact) mass is 292 g/mol. The first kappa shape index (κ1) is 15.9. The summed E-state index contributed by atoms with van der Waals surface area (Å²) in [6, 6.07) is 9.68. The fourth-order valence-electron chi connectivity index (χ4n) is 2.86. The van der Waals surface area contributed by atoms with Gasteiger partial charge in [0.05, 0.1) is 12.1 Å². The smallest absolute Gasteiger partial charge is 0.317 e. The number of aliphatic hydroxyl groups is 1. The molecule has 0 bridgehead atoms. The molecular formula is C16H24N2O3. The van der Waals surface area contributed by atoms with Gasteiger partial charge in [-0.2, -0.15) is 0 Å². The van der Waals surface area contributed by atoms with Gasteiger partial charge in [0.1, 0.15) is 0 Å². The molecule has 1 fully saturated rings. The second-order valence-electron chi connectivity index (χ2n) is 5.94. The van der Waals surface area contributed by atoms with Crippen molar-refractivity contribution in [3.63, 3.8) is 0 Å². The van der Waals surface area contributed by atoms with E-state index in [9.17, 15) is 9.90 Å². The summed E-state index contributed by atoms with van der Waals surface area (Å²) >= 11 is 0. The van der Waals surface area contributed by atoms with E-state index in [4.69, 9.17) is 5.11 Å². The van der Waals surface area contributed by atoms with E-state index in [1.165, 1.54) is 0 Å². The molecule has 1 saturated heterocycles. The fourth-order valence-corrected chi connectivity index (χ4v) is 2.86. The van der Waals surface area contributed by atoms with Gasteiger partial charge in [-0.15, -0.1) is 0 Å². The Balaban J connectivity index is 1.92. The van der Waals surface area contributed by atoms with E-state index in [1.807, 2.05) is 42.2 Å². The molecule has 1 heterocycles. The number of rotatable bonds is 5. The van der Waals surface area contributed by atoms with Crippen molar-refractivity contribution in [1.29, 1.82) is 0 Å². The summed E-state index contributed by atoms with van der Waals surface area (Å²) in [7, 11) is 0. The standard InChI is InChI=1S/C16H24N2O3/c1-16(21,14-6-3-2-4-7-14)13-18-9-5-8-17(10-11-18)12-15(19)20/h2-4,6-7,21H,5,8-13H2,1H3,(H,19,20). The average Bonchev–Trinajstić information content (AvgIpc) is 2.64. The minimum Gasteiger partial charge on any atom is -0.480 e. The highest BCUT2D eigenvalue weighted by Crippen LogP contribution is 2.22. The molecule has 1 atom stereocenters. The van der Waals surface area contributed by atoms with Crippen LogP contribution in [0.1, 0.15) is 18.9 Å². The molecule has 5 heteroatoms. The second kappa shape index (κ2) is 7.02. The number of β-amino-alcohol motifs (C(OH)–C–C–N with tert-alkyl or cyclic N) is 1. The highest BCUT2D eigenvalue weighted by molar-refractivity contribution is 5.69. The third kappa shape index (κ3) is 4.81. The first-order valence-corrected chi connectivity index (χ1v) is 7.42. The maximum atomic E-state index is 10.8. The van der Waals surface area contributed by atoms with Crippen LogP contribution in [-0.2, 0) is 10.4 Å². The number of aliphatic carboxylic acids is 1. The Labute approximate surface area is 125 Å². The van der Waals surface area contributed by atoms with Gasteiger partial charge in [0.2, 0.25) is 0 Å². The Hall–Kier alpha value is -1.43. The lowest BCUT2D eigenvalue weighted by molar-refractivity contribution is -0.138. The molecule has 1 aromatic rings. The van der Waals surface area contributed by atoms with Crippen LogP contribution in [0.4, 0.5) is 0 Å². The van der Waals surface area contributed by atoms with Crippen molar-refractivity contribution in [2.24, 2.45) is 0 Å². The molecule has 5 nitrogen and oxygen atoms in total. The highest BCUT2D eigenvalue weighted by atomic mass is 16.4. The zero-order chi connectivity index (χ0) is 15.3. The SMILES string of the molecule is CC(O)(CN1CCCN(CC(=O)O)CC1)c1ccccc1. The number of carbonyl (C=O) groups is 1. The third-order valence-electron chi connectivity index (χ3n) is 3.97. The van der Waals surface area contributed by atoms with E-state index in [1.54, 1.807) is 0 Å². The number of benzene rings is 1. The minimum atomic E-state index is -0.886. The van der Waals surface area contributed by atoms with E-state index in [2.05, 4.69) is 4.90 Å². The van der Waals surface area contributed by atoms with Crippen LogP contribution in [0, 0.1) is 0 Å². The number of carboxylic acids is 1. The molecule has 0 radical (unpaired) electrons. The Morgan fingerprint density at radius 2 is 1.76 bits per heavy atom. The van der Waals surface area contributed by atoms with Crippen LogP contribution in [0.15, 0.2) is 30.3 Å². The topological polar surface area (TPSA) is 64.0 Å². The van der Waals surface area contributed by atoms with E-state index < -0.39 is 11.6 Å². The van der Waals surface area contributed by atoms with Crippen molar-refractivity contribution >= 4 is 5.97 Å². The van der Waals surface area contributed by atoms with E-state index in [-0.39, 0.29) is 6.54 Å². The van der Waals surface area contributed by atoms with Gasteiger partial charge in [0.15, 0.2) is 0 Å². The predicted octanol–water partition coefficient (Wildman–Crippen LogP) is 0.986. The van der Waals surface area contributed by atoms with Crippen molar-refractivity contribution in [3.05, 3.63) is 35.9 Å². The molecule has 1 aliphatic heterocycles. The van der Waals surface area contributed by atoms with Gasteiger partial charge < -0.3 is 10.2 Å². The molecule has 1 aromatic carbocycles. The summed E-state index contributed by atoms with van der Waals surface area (Å²) < 4.78 is 0. The molecule has 1 unspecified atom stereocenters. The van der Waals surface area contributed by atoms with Gasteiger partial charge in [-0.05, 0) is 25.5 Å². The van der Waals surface area contributed by atoms with Crippen molar-refractivity contribution in [3.8, 4) is 0 Å². The molecule has 0 aliphatic carbocycles. The van der Waals surface area contributed by atoms with E-state index >= 15 is 0 Å². The van der Waals surface area contributed by atoms with Crippen LogP contribution in [0.5, 0.6) is 0 Å². The number of hydrogen-bond acceptors (Lipinski definition) is 4. The van der Waals surface area contributed by atoms with Crippen molar-refractivity contribution in [2.75, 3.05) is 39.3 Å². The second-order valence-corrected chi connectivity index (χ2v) is 5.94. The van der Waals surface area contributed by atoms with Crippen LogP contribution in [0.3, 0.4) is 0 Å². The molecule has 0 saturated carbocycles. The van der Waals surface area contributed by atoms with Gasteiger partial charge in [0.25, 0.3) is 0 Å². The van der Waals surface area contributed by atoms with Gasteiger partial charge >= 0.3 is 5.97 Å². The molecule has 2 N–H and O–H groups in total. The summed E-state index contributed by atoms with van der Waals surface area (Å²) in [5.41, 5.74) is 0.0279. The van der Waals surface area contributed by atoms with E-state index in [0.717, 1.165) is 38.2 Å². The number of nitrogens with zero attached hydrogens (tertiary/aromatic N) is 2. The summed E-state index contributed by atoms with van der Waals surface area (Å²) in [6.07, 6.45) is 0.929. The first-order chi connectivity index (χ1) is 9.97. The summed E-state index contributed by atoms with van der Waals surface area (Å²) in [5.74, 6) is -0.778. The lowest BCUT2D eigenvalue weighted by Crippen LogP contribution is -2.41. The zero-order valence-corrected chi connectivity index (χ0v) is 12.5. The molecule has 1 aliphatic rings. The van der Waals surface area contributed by atoms with Crippen LogP contribution < -0.4 is 0 Å². The summed E-state index contributed by atoms with van der Waals surface area (Å²) in [6.45, 7) is 5.71. The Morgan fingerprint density at radius 1 is 1.14 bits per heavy atom. The zero-order valence-electron chi connectivity index (χ0n) is 12.5. The van der Waals surface area contributed by atoms with Crippen LogP contribution in [0.25, 0.3) is 0 Å².